The lowest BCUT2D eigenvalue weighted by atomic mass is 10.0. The van der Waals surface area contributed by atoms with E-state index in [0.29, 0.717) is 15.1 Å². The van der Waals surface area contributed by atoms with Gasteiger partial charge in [0.2, 0.25) is 0 Å². The van der Waals surface area contributed by atoms with E-state index in [0.717, 1.165) is 10.6 Å². The molecule has 1 unspecified atom stereocenters. The lowest BCUT2D eigenvalue weighted by Gasteiger charge is -2.18. The first-order valence-electron chi connectivity index (χ1n) is 5.51. The Labute approximate surface area is 128 Å². The Morgan fingerprint density at radius 3 is 2.84 bits per heavy atom. The van der Waals surface area contributed by atoms with Gasteiger partial charge in [-0.05, 0) is 46.6 Å². The van der Waals surface area contributed by atoms with Gasteiger partial charge in [-0.3, -0.25) is 0 Å². The third-order valence-electron chi connectivity index (χ3n) is 2.78. The fourth-order valence-corrected chi connectivity index (χ4v) is 3.35. The standard InChI is InChI=1S/C13H12BrClFNOS/c1-17-12(13-11(18-2)3-4-19-13)7-5-9(15)8(14)6-10(7)16/h3-6,12,17H,1-2H3. The molecule has 0 fully saturated rings. The third-order valence-corrected chi connectivity index (χ3v) is 4.94. The maximum atomic E-state index is 14.1. The number of thiophene rings is 1. The predicted octanol–water partition coefficient (Wildman–Crippen LogP) is 4.62. The van der Waals surface area contributed by atoms with Crippen LogP contribution in [0.15, 0.2) is 28.1 Å². The van der Waals surface area contributed by atoms with E-state index in [4.69, 9.17) is 16.3 Å². The van der Waals surface area contributed by atoms with Crippen LogP contribution in [0.2, 0.25) is 5.02 Å². The van der Waals surface area contributed by atoms with Crippen LogP contribution in [0, 0.1) is 5.82 Å². The second-order valence-electron chi connectivity index (χ2n) is 3.86. The van der Waals surface area contributed by atoms with Gasteiger partial charge >= 0.3 is 0 Å². The molecule has 1 aromatic carbocycles. The van der Waals surface area contributed by atoms with Crippen molar-refractivity contribution in [3.63, 3.8) is 0 Å². The summed E-state index contributed by atoms with van der Waals surface area (Å²) in [5.41, 5.74) is 0.497. The van der Waals surface area contributed by atoms with Gasteiger partial charge in [0.15, 0.2) is 0 Å². The molecule has 0 aliphatic rings. The van der Waals surface area contributed by atoms with Crippen LogP contribution in [0.25, 0.3) is 0 Å². The number of methoxy groups -OCH3 is 1. The van der Waals surface area contributed by atoms with Crippen LogP contribution in [-0.4, -0.2) is 14.2 Å². The van der Waals surface area contributed by atoms with Crippen LogP contribution in [-0.2, 0) is 0 Å². The fraction of sp³-hybridized carbons (Fsp3) is 0.231. The highest BCUT2D eigenvalue weighted by Gasteiger charge is 2.22. The lowest BCUT2D eigenvalue weighted by Crippen LogP contribution is -2.18. The number of nitrogens with one attached hydrogen (secondary N) is 1. The highest BCUT2D eigenvalue weighted by molar-refractivity contribution is 9.10. The van der Waals surface area contributed by atoms with Crippen molar-refractivity contribution < 1.29 is 9.13 Å². The quantitative estimate of drug-likeness (QED) is 0.799. The smallest absolute Gasteiger partial charge is 0.134 e. The molecule has 2 rings (SSSR count). The first-order chi connectivity index (χ1) is 9.08. The van der Waals surface area contributed by atoms with E-state index in [-0.39, 0.29) is 11.9 Å². The van der Waals surface area contributed by atoms with E-state index in [2.05, 4.69) is 21.2 Å². The zero-order valence-corrected chi connectivity index (χ0v) is 13.5. The molecular weight excluding hydrogens is 353 g/mol. The van der Waals surface area contributed by atoms with Crippen molar-refractivity contribution in [2.45, 2.75) is 6.04 Å². The van der Waals surface area contributed by atoms with Gasteiger partial charge in [0.1, 0.15) is 11.6 Å². The van der Waals surface area contributed by atoms with Crippen LogP contribution in [0.3, 0.4) is 0 Å². The maximum Gasteiger partial charge on any atom is 0.134 e. The van der Waals surface area contributed by atoms with Crippen LogP contribution < -0.4 is 10.1 Å². The molecule has 0 radical (unpaired) electrons. The minimum Gasteiger partial charge on any atom is -0.496 e. The summed E-state index contributed by atoms with van der Waals surface area (Å²) in [6.07, 6.45) is 0. The molecule has 19 heavy (non-hydrogen) atoms. The van der Waals surface area contributed by atoms with Crippen molar-refractivity contribution in [1.29, 1.82) is 0 Å². The average molecular weight is 365 g/mol. The Kier molecular flexibility index (Phi) is 4.84. The minimum atomic E-state index is -0.314. The first kappa shape index (κ1) is 14.8. The number of hydrogen-bond donors (Lipinski definition) is 1. The molecule has 2 nitrogen and oxygen atoms in total. The molecule has 1 N–H and O–H groups in total. The van der Waals surface area contributed by atoms with Crippen LogP contribution in [0.4, 0.5) is 4.39 Å². The van der Waals surface area contributed by atoms with E-state index in [1.807, 2.05) is 11.4 Å². The first-order valence-corrected chi connectivity index (χ1v) is 7.56. The molecular formula is C13H12BrClFNOS. The van der Waals surface area contributed by atoms with Gasteiger partial charge < -0.3 is 10.1 Å². The Balaban J connectivity index is 2.51. The second-order valence-corrected chi connectivity index (χ2v) is 6.07. The van der Waals surface area contributed by atoms with Gasteiger partial charge in [0.05, 0.1) is 23.1 Å². The van der Waals surface area contributed by atoms with Crippen LogP contribution >= 0.6 is 38.9 Å². The van der Waals surface area contributed by atoms with E-state index < -0.39 is 0 Å². The highest BCUT2D eigenvalue weighted by Crippen LogP contribution is 2.37. The Bertz CT molecular complexity index is 590. The average Bonchev–Trinajstić information content (AvgIpc) is 2.84. The fourth-order valence-electron chi connectivity index (χ4n) is 1.88. The summed E-state index contributed by atoms with van der Waals surface area (Å²) in [6.45, 7) is 0. The molecule has 0 aliphatic carbocycles. The molecule has 0 saturated carbocycles. The third kappa shape index (κ3) is 2.94. The van der Waals surface area contributed by atoms with E-state index in [9.17, 15) is 4.39 Å². The van der Waals surface area contributed by atoms with Gasteiger partial charge in [-0.2, -0.15) is 0 Å². The van der Waals surface area contributed by atoms with Crippen LogP contribution in [0.1, 0.15) is 16.5 Å². The molecule has 0 bridgehead atoms. The largest absolute Gasteiger partial charge is 0.496 e. The number of ether oxygens (including phenoxy) is 1. The summed E-state index contributed by atoms with van der Waals surface area (Å²) >= 11 is 10.8. The normalized spacial score (nSPS) is 12.5. The zero-order valence-electron chi connectivity index (χ0n) is 10.3. The number of halogens is 3. The summed E-state index contributed by atoms with van der Waals surface area (Å²) in [4.78, 5) is 0.919. The Morgan fingerprint density at radius 2 is 2.21 bits per heavy atom. The van der Waals surface area contributed by atoms with Gasteiger partial charge in [-0.1, -0.05) is 11.6 Å². The monoisotopic (exact) mass is 363 g/mol. The summed E-state index contributed by atoms with van der Waals surface area (Å²) in [5.74, 6) is 0.425. The molecule has 2 aromatic rings. The molecule has 102 valence electrons. The molecule has 0 saturated heterocycles. The maximum absolute atomic E-state index is 14.1. The molecule has 1 heterocycles. The Hall–Kier alpha value is -0.620. The molecule has 6 heteroatoms. The molecule has 0 amide bonds. The van der Waals surface area contributed by atoms with Gasteiger partial charge in [0, 0.05) is 10.0 Å². The Morgan fingerprint density at radius 1 is 1.47 bits per heavy atom. The van der Waals surface area contributed by atoms with Crippen molar-refractivity contribution in [2.24, 2.45) is 0 Å². The molecule has 1 aromatic heterocycles. The number of hydrogen-bond acceptors (Lipinski definition) is 3. The topological polar surface area (TPSA) is 21.3 Å². The van der Waals surface area contributed by atoms with Gasteiger partial charge in [-0.15, -0.1) is 11.3 Å². The van der Waals surface area contributed by atoms with Crippen molar-refractivity contribution in [3.05, 3.63) is 49.3 Å². The molecule has 0 spiro atoms. The lowest BCUT2D eigenvalue weighted by molar-refractivity contribution is 0.408. The summed E-state index contributed by atoms with van der Waals surface area (Å²) in [6, 6.07) is 4.58. The molecule has 1 atom stereocenters. The summed E-state index contributed by atoms with van der Waals surface area (Å²) < 4.78 is 20.0. The number of benzene rings is 1. The number of rotatable bonds is 4. The highest BCUT2D eigenvalue weighted by atomic mass is 79.9. The van der Waals surface area contributed by atoms with E-state index in [1.54, 1.807) is 20.2 Å². The van der Waals surface area contributed by atoms with Gasteiger partial charge in [-0.25, -0.2) is 4.39 Å². The SMILES string of the molecule is CNC(c1cc(Cl)c(Br)cc1F)c1sccc1OC. The van der Waals surface area contributed by atoms with Crippen molar-refractivity contribution in [1.82, 2.24) is 5.32 Å². The summed E-state index contributed by atoms with van der Waals surface area (Å²) in [7, 11) is 3.38. The predicted molar refractivity (Wildman–Crippen MR) is 80.9 cm³/mol. The second kappa shape index (κ2) is 6.22. The van der Waals surface area contributed by atoms with Crippen molar-refractivity contribution in [3.8, 4) is 5.75 Å². The van der Waals surface area contributed by atoms with Crippen molar-refractivity contribution in [2.75, 3.05) is 14.2 Å². The van der Waals surface area contributed by atoms with Crippen LogP contribution in [0.5, 0.6) is 5.75 Å². The van der Waals surface area contributed by atoms with E-state index >= 15 is 0 Å². The minimum absolute atomic E-state index is 0.291. The van der Waals surface area contributed by atoms with Crippen molar-refractivity contribution >= 4 is 38.9 Å². The van der Waals surface area contributed by atoms with Gasteiger partial charge in [0.25, 0.3) is 0 Å². The molecule has 0 aliphatic heterocycles. The van der Waals surface area contributed by atoms with E-state index in [1.165, 1.54) is 17.4 Å². The summed E-state index contributed by atoms with van der Waals surface area (Å²) in [5, 5.41) is 5.49. The zero-order chi connectivity index (χ0) is 14.0.